The first kappa shape index (κ1) is 17.5. The first-order valence-electron chi connectivity index (χ1n) is 6.95. The van der Waals surface area contributed by atoms with Crippen molar-refractivity contribution in [2.24, 2.45) is 0 Å². The van der Waals surface area contributed by atoms with E-state index in [-0.39, 0.29) is 13.0 Å². The van der Waals surface area contributed by atoms with E-state index in [4.69, 9.17) is 5.11 Å². The summed E-state index contributed by atoms with van der Waals surface area (Å²) in [6.07, 6.45) is -3.09. The number of hydrogen-bond acceptors (Lipinski definition) is 3. The fourth-order valence-corrected chi connectivity index (χ4v) is 1.95. The van der Waals surface area contributed by atoms with E-state index in [2.05, 4.69) is 10.4 Å². The number of rotatable bonds is 6. The van der Waals surface area contributed by atoms with Crippen LogP contribution in [0.3, 0.4) is 0 Å². The zero-order valence-electron chi connectivity index (χ0n) is 12.4. The van der Waals surface area contributed by atoms with Crippen LogP contribution in [0.1, 0.15) is 17.7 Å². The third-order valence-electron chi connectivity index (χ3n) is 3.10. The summed E-state index contributed by atoms with van der Waals surface area (Å²) in [5.74, 6) is -1.42. The molecule has 0 bridgehead atoms. The first-order valence-corrected chi connectivity index (χ1v) is 6.95. The van der Waals surface area contributed by atoms with Gasteiger partial charge in [0, 0.05) is 18.3 Å². The molecule has 0 aliphatic carbocycles. The Balaban J connectivity index is 1.90. The molecule has 9 heteroatoms. The number of carbonyl (C=O) groups excluding carboxylic acids is 1. The molecule has 0 aliphatic heterocycles. The lowest BCUT2D eigenvalue weighted by Crippen LogP contribution is -2.19. The lowest BCUT2D eigenvalue weighted by molar-refractivity contribution is -0.141. The lowest BCUT2D eigenvalue weighted by atomic mass is 10.1. The van der Waals surface area contributed by atoms with Crippen LogP contribution < -0.4 is 5.32 Å². The van der Waals surface area contributed by atoms with E-state index >= 15 is 0 Å². The molecule has 2 aromatic rings. The van der Waals surface area contributed by atoms with E-state index in [0.717, 1.165) is 22.5 Å². The number of aromatic nitrogens is 2. The molecule has 0 spiro atoms. The normalized spacial score (nSPS) is 11.3. The fraction of sp³-hybridized carbons (Fsp3) is 0.267. The van der Waals surface area contributed by atoms with Gasteiger partial charge in [-0.15, -0.1) is 0 Å². The minimum Gasteiger partial charge on any atom is -0.481 e. The summed E-state index contributed by atoms with van der Waals surface area (Å²) in [5.41, 5.74) is 0.206. The Morgan fingerprint density at radius 2 is 1.83 bits per heavy atom. The molecular formula is C15H14F3N3O3. The second kappa shape index (κ2) is 7.16. The molecule has 24 heavy (non-hydrogen) atoms. The molecular weight excluding hydrogens is 327 g/mol. The van der Waals surface area contributed by atoms with Crippen LogP contribution in [0.25, 0.3) is 0 Å². The monoisotopic (exact) mass is 341 g/mol. The standard InChI is InChI=1S/C15H14F3N3O3/c16-15(17,18)12-7-8-21(20-12)9-13(22)19-11-4-1-10(2-5-11)3-6-14(23)24/h1-2,4-5,7-8H,3,6,9H2,(H,19,22)(H,23,24). The number of anilines is 1. The van der Waals surface area contributed by atoms with Crippen molar-refractivity contribution >= 4 is 17.6 Å². The van der Waals surface area contributed by atoms with E-state index in [1.165, 1.54) is 0 Å². The second-order valence-corrected chi connectivity index (χ2v) is 5.04. The van der Waals surface area contributed by atoms with Crippen molar-refractivity contribution in [2.75, 3.05) is 5.32 Å². The van der Waals surface area contributed by atoms with Crippen molar-refractivity contribution in [3.8, 4) is 0 Å². The third kappa shape index (κ3) is 5.11. The molecule has 0 saturated heterocycles. The van der Waals surface area contributed by atoms with Crippen LogP contribution in [-0.4, -0.2) is 26.8 Å². The number of benzene rings is 1. The SMILES string of the molecule is O=C(O)CCc1ccc(NC(=O)Cn2ccc(C(F)(F)F)n2)cc1. The van der Waals surface area contributed by atoms with Gasteiger partial charge in [-0.25, -0.2) is 0 Å². The van der Waals surface area contributed by atoms with Crippen molar-refractivity contribution in [1.29, 1.82) is 0 Å². The van der Waals surface area contributed by atoms with E-state index in [0.29, 0.717) is 12.1 Å². The summed E-state index contributed by atoms with van der Waals surface area (Å²) >= 11 is 0. The number of aryl methyl sites for hydroxylation is 1. The highest BCUT2D eigenvalue weighted by Gasteiger charge is 2.33. The number of halogens is 3. The topological polar surface area (TPSA) is 84.2 Å². The number of hydrogen-bond donors (Lipinski definition) is 2. The van der Waals surface area contributed by atoms with Gasteiger partial charge in [-0.2, -0.15) is 18.3 Å². The maximum atomic E-state index is 12.4. The molecule has 2 rings (SSSR count). The highest BCUT2D eigenvalue weighted by Crippen LogP contribution is 2.27. The van der Waals surface area contributed by atoms with Gasteiger partial charge in [0.05, 0.1) is 0 Å². The molecule has 1 amide bonds. The molecule has 0 saturated carbocycles. The van der Waals surface area contributed by atoms with Crippen molar-refractivity contribution in [3.63, 3.8) is 0 Å². The smallest absolute Gasteiger partial charge is 0.435 e. The molecule has 128 valence electrons. The van der Waals surface area contributed by atoms with Crippen LogP contribution in [0.2, 0.25) is 0 Å². The van der Waals surface area contributed by atoms with Gasteiger partial charge < -0.3 is 10.4 Å². The van der Waals surface area contributed by atoms with Crippen molar-refractivity contribution in [2.45, 2.75) is 25.6 Å². The number of aliphatic carboxylic acids is 1. The van der Waals surface area contributed by atoms with Gasteiger partial charge >= 0.3 is 12.1 Å². The molecule has 6 nitrogen and oxygen atoms in total. The Kier molecular flexibility index (Phi) is 5.22. The van der Waals surface area contributed by atoms with Gasteiger partial charge in [-0.05, 0) is 30.2 Å². The number of alkyl halides is 3. The van der Waals surface area contributed by atoms with Gasteiger partial charge in [-0.3, -0.25) is 14.3 Å². The van der Waals surface area contributed by atoms with Crippen LogP contribution in [0.5, 0.6) is 0 Å². The fourth-order valence-electron chi connectivity index (χ4n) is 1.95. The molecule has 1 heterocycles. The molecule has 1 aromatic carbocycles. The van der Waals surface area contributed by atoms with Crippen molar-refractivity contribution < 1.29 is 27.9 Å². The first-order chi connectivity index (χ1) is 11.2. The maximum Gasteiger partial charge on any atom is 0.435 e. The molecule has 0 fully saturated rings. The van der Waals surface area contributed by atoms with Gasteiger partial charge in [0.2, 0.25) is 5.91 Å². The van der Waals surface area contributed by atoms with Gasteiger partial charge in [0.25, 0.3) is 0 Å². The number of amides is 1. The van der Waals surface area contributed by atoms with E-state index in [1.54, 1.807) is 24.3 Å². The Morgan fingerprint density at radius 3 is 2.38 bits per heavy atom. The quantitative estimate of drug-likeness (QED) is 0.846. The number of carboxylic acid groups (broad SMARTS) is 1. The zero-order valence-corrected chi connectivity index (χ0v) is 12.4. The Hall–Kier alpha value is -2.84. The van der Waals surface area contributed by atoms with Crippen LogP contribution in [0.4, 0.5) is 18.9 Å². The summed E-state index contributed by atoms with van der Waals surface area (Å²) in [5, 5.41) is 14.4. The van der Waals surface area contributed by atoms with E-state index < -0.39 is 23.7 Å². The van der Waals surface area contributed by atoms with Crippen LogP contribution in [-0.2, 0) is 28.7 Å². The summed E-state index contributed by atoms with van der Waals surface area (Å²) in [4.78, 5) is 22.3. The Morgan fingerprint density at radius 1 is 1.17 bits per heavy atom. The lowest BCUT2D eigenvalue weighted by Gasteiger charge is -2.07. The molecule has 2 N–H and O–H groups in total. The van der Waals surface area contributed by atoms with E-state index in [9.17, 15) is 22.8 Å². The maximum absolute atomic E-state index is 12.4. The summed E-state index contributed by atoms with van der Waals surface area (Å²) < 4.78 is 38.2. The van der Waals surface area contributed by atoms with Crippen LogP contribution in [0.15, 0.2) is 36.5 Å². The molecule has 0 unspecified atom stereocenters. The summed E-state index contributed by atoms with van der Waals surface area (Å²) in [7, 11) is 0. The minimum atomic E-state index is -4.55. The summed E-state index contributed by atoms with van der Waals surface area (Å²) in [6.45, 7) is -0.350. The Bertz CT molecular complexity index is 724. The predicted octanol–water partition coefficient (Wildman–Crippen LogP) is 2.56. The third-order valence-corrected chi connectivity index (χ3v) is 3.10. The zero-order chi connectivity index (χ0) is 17.7. The van der Waals surface area contributed by atoms with Gasteiger partial charge in [0.1, 0.15) is 6.54 Å². The number of carbonyl (C=O) groups is 2. The minimum absolute atomic E-state index is 0.00649. The highest BCUT2D eigenvalue weighted by molar-refractivity contribution is 5.90. The molecule has 0 radical (unpaired) electrons. The average molecular weight is 341 g/mol. The van der Waals surface area contributed by atoms with Crippen molar-refractivity contribution in [3.05, 3.63) is 47.8 Å². The van der Waals surface area contributed by atoms with Crippen LogP contribution in [0, 0.1) is 0 Å². The average Bonchev–Trinajstić information content (AvgIpc) is 2.95. The highest BCUT2D eigenvalue weighted by atomic mass is 19.4. The van der Waals surface area contributed by atoms with Gasteiger partial charge in [0.15, 0.2) is 5.69 Å². The number of nitrogens with one attached hydrogen (secondary N) is 1. The molecule has 0 atom stereocenters. The Labute approximate surface area is 134 Å². The van der Waals surface area contributed by atoms with Gasteiger partial charge in [-0.1, -0.05) is 12.1 Å². The van der Waals surface area contributed by atoms with Crippen LogP contribution >= 0.6 is 0 Å². The predicted molar refractivity (Wildman–Crippen MR) is 78.3 cm³/mol. The molecule has 0 aliphatic rings. The van der Waals surface area contributed by atoms with E-state index in [1.807, 2.05) is 0 Å². The second-order valence-electron chi connectivity index (χ2n) is 5.04. The largest absolute Gasteiger partial charge is 0.481 e. The molecule has 1 aromatic heterocycles. The number of carboxylic acids is 1. The summed E-state index contributed by atoms with van der Waals surface area (Å²) in [6, 6.07) is 7.34. The van der Waals surface area contributed by atoms with Crippen molar-refractivity contribution in [1.82, 2.24) is 9.78 Å². The number of nitrogens with zero attached hydrogens (tertiary/aromatic N) is 2.